The maximum atomic E-state index is 5.36. The molecule has 0 bridgehead atoms. The molecule has 2 aromatic heterocycles. The van der Waals surface area contributed by atoms with E-state index in [1.165, 1.54) is 11.5 Å². The first-order valence-corrected chi connectivity index (χ1v) is 7.71. The van der Waals surface area contributed by atoms with Crippen LogP contribution in [0.15, 0.2) is 4.52 Å². The number of nitrogens with zero attached hydrogens (tertiary/aromatic N) is 5. The topological polar surface area (TPSA) is 80.0 Å². The van der Waals surface area contributed by atoms with Crippen molar-refractivity contribution in [1.29, 1.82) is 0 Å². The lowest BCUT2D eigenvalue weighted by atomic mass is 10.2. The lowest BCUT2D eigenvalue weighted by molar-refractivity contribution is 0.225. The van der Waals surface area contributed by atoms with Crippen LogP contribution in [0.2, 0.25) is 0 Å². The Labute approximate surface area is 121 Å². The van der Waals surface area contributed by atoms with Crippen molar-refractivity contribution in [3.63, 3.8) is 0 Å². The van der Waals surface area contributed by atoms with Crippen LogP contribution in [0.3, 0.4) is 0 Å². The van der Waals surface area contributed by atoms with E-state index < -0.39 is 0 Å². The maximum absolute atomic E-state index is 5.36. The Morgan fingerprint density at radius 1 is 1.35 bits per heavy atom. The van der Waals surface area contributed by atoms with Gasteiger partial charge in [-0.25, -0.2) is 0 Å². The van der Waals surface area contributed by atoms with Gasteiger partial charge in [-0.2, -0.15) is 4.98 Å². The van der Waals surface area contributed by atoms with E-state index in [9.17, 15) is 0 Å². The first-order valence-electron chi connectivity index (χ1n) is 6.94. The largest absolute Gasteiger partial charge is 0.333 e. The first-order chi connectivity index (χ1) is 9.86. The number of hydrogen-bond donors (Lipinski definition) is 1. The summed E-state index contributed by atoms with van der Waals surface area (Å²) in [4.78, 5) is 7.71. The van der Waals surface area contributed by atoms with Crippen molar-refractivity contribution in [2.75, 3.05) is 26.2 Å². The molecule has 0 amide bonds. The minimum atomic E-state index is 0.550. The SMILES string of the molecule is CCCc1nnsc1-c1nc(CN2CCNCC2)no1. The average molecular weight is 294 g/mol. The lowest BCUT2D eigenvalue weighted by Gasteiger charge is -2.25. The van der Waals surface area contributed by atoms with Crippen molar-refractivity contribution in [2.45, 2.75) is 26.3 Å². The van der Waals surface area contributed by atoms with Crippen LogP contribution in [-0.2, 0) is 13.0 Å². The Hall–Kier alpha value is -1.38. The molecule has 108 valence electrons. The molecule has 0 unspecified atom stereocenters. The summed E-state index contributed by atoms with van der Waals surface area (Å²) in [7, 11) is 0. The molecular formula is C12H18N6OS. The number of piperazine rings is 1. The van der Waals surface area contributed by atoms with Gasteiger partial charge in [-0.1, -0.05) is 23.0 Å². The molecular weight excluding hydrogens is 276 g/mol. The van der Waals surface area contributed by atoms with Gasteiger partial charge in [0, 0.05) is 26.2 Å². The number of aromatic nitrogens is 4. The molecule has 0 saturated carbocycles. The van der Waals surface area contributed by atoms with Crippen LogP contribution in [0.5, 0.6) is 0 Å². The van der Waals surface area contributed by atoms with Gasteiger partial charge in [0.05, 0.1) is 12.2 Å². The average Bonchev–Trinajstić information content (AvgIpc) is 3.09. The third-order valence-corrected chi connectivity index (χ3v) is 4.04. The van der Waals surface area contributed by atoms with Gasteiger partial charge in [-0.15, -0.1) is 5.10 Å². The van der Waals surface area contributed by atoms with Crippen molar-refractivity contribution in [1.82, 2.24) is 29.9 Å². The van der Waals surface area contributed by atoms with E-state index in [0.29, 0.717) is 5.89 Å². The summed E-state index contributed by atoms with van der Waals surface area (Å²) in [6, 6.07) is 0. The van der Waals surface area contributed by atoms with Gasteiger partial charge in [0.15, 0.2) is 5.82 Å². The molecule has 8 heteroatoms. The fraction of sp³-hybridized carbons (Fsp3) is 0.667. The van der Waals surface area contributed by atoms with Crippen molar-refractivity contribution >= 4 is 11.5 Å². The highest BCUT2D eigenvalue weighted by Gasteiger charge is 2.18. The zero-order valence-electron chi connectivity index (χ0n) is 11.5. The van der Waals surface area contributed by atoms with E-state index in [1.807, 2.05) is 0 Å². The molecule has 0 radical (unpaired) electrons. The second-order valence-electron chi connectivity index (χ2n) is 4.84. The summed E-state index contributed by atoms with van der Waals surface area (Å²) >= 11 is 1.32. The highest BCUT2D eigenvalue weighted by Crippen LogP contribution is 2.25. The predicted octanol–water partition coefficient (Wildman–Crippen LogP) is 0.946. The Morgan fingerprint density at radius 2 is 2.20 bits per heavy atom. The van der Waals surface area contributed by atoms with Crippen LogP contribution in [0.25, 0.3) is 10.8 Å². The van der Waals surface area contributed by atoms with Gasteiger partial charge < -0.3 is 9.84 Å². The molecule has 1 saturated heterocycles. The van der Waals surface area contributed by atoms with Crippen molar-refractivity contribution in [3.05, 3.63) is 11.5 Å². The second kappa shape index (κ2) is 6.38. The molecule has 0 aliphatic carbocycles. The second-order valence-corrected chi connectivity index (χ2v) is 5.59. The third-order valence-electron chi connectivity index (χ3n) is 3.28. The van der Waals surface area contributed by atoms with Gasteiger partial charge in [0.1, 0.15) is 4.88 Å². The standard InChI is InChI=1S/C12H18N6OS/c1-2-3-9-11(20-17-15-9)12-14-10(16-19-12)8-18-6-4-13-5-7-18/h13H,2-8H2,1H3. The molecule has 7 nitrogen and oxygen atoms in total. The van der Waals surface area contributed by atoms with Gasteiger partial charge in [-0.05, 0) is 18.0 Å². The van der Waals surface area contributed by atoms with E-state index in [0.717, 1.165) is 62.0 Å². The summed E-state index contributed by atoms with van der Waals surface area (Å²) in [6.45, 7) is 6.93. The number of rotatable bonds is 5. The minimum absolute atomic E-state index is 0.550. The molecule has 1 N–H and O–H groups in total. The molecule has 3 heterocycles. The van der Waals surface area contributed by atoms with Crippen LogP contribution >= 0.6 is 11.5 Å². The van der Waals surface area contributed by atoms with Gasteiger partial charge in [0.2, 0.25) is 0 Å². The summed E-state index contributed by atoms with van der Waals surface area (Å²) < 4.78 is 9.35. The molecule has 1 aliphatic rings. The summed E-state index contributed by atoms with van der Waals surface area (Å²) in [5, 5.41) is 11.5. The van der Waals surface area contributed by atoms with E-state index in [1.54, 1.807) is 0 Å². The minimum Gasteiger partial charge on any atom is -0.333 e. The van der Waals surface area contributed by atoms with E-state index in [-0.39, 0.29) is 0 Å². The summed E-state index contributed by atoms with van der Waals surface area (Å²) in [5.41, 5.74) is 0.954. The Morgan fingerprint density at radius 3 is 3.00 bits per heavy atom. The number of hydrogen-bond acceptors (Lipinski definition) is 8. The molecule has 20 heavy (non-hydrogen) atoms. The van der Waals surface area contributed by atoms with Crippen LogP contribution in [0, 0.1) is 0 Å². The monoisotopic (exact) mass is 294 g/mol. The van der Waals surface area contributed by atoms with Crippen LogP contribution < -0.4 is 5.32 Å². The maximum Gasteiger partial charge on any atom is 0.271 e. The lowest BCUT2D eigenvalue weighted by Crippen LogP contribution is -2.43. The summed E-state index contributed by atoms with van der Waals surface area (Å²) in [5.74, 6) is 1.28. The predicted molar refractivity (Wildman–Crippen MR) is 75.3 cm³/mol. The molecule has 2 aromatic rings. The molecule has 0 aromatic carbocycles. The molecule has 0 atom stereocenters. The zero-order valence-corrected chi connectivity index (χ0v) is 12.3. The molecule has 0 spiro atoms. The Kier molecular flexibility index (Phi) is 4.34. The third kappa shape index (κ3) is 3.02. The Bertz CT molecular complexity index is 548. The van der Waals surface area contributed by atoms with Crippen LogP contribution in [0.4, 0.5) is 0 Å². The highest BCUT2D eigenvalue weighted by molar-refractivity contribution is 7.09. The van der Waals surface area contributed by atoms with Gasteiger partial charge >= 0.3 is 0 Å². The summed E-state index contributed by atoms with van der Waals surface area (Å²) in [6.07, 6.45) is 1.92. The van der Waals surface area contributed by atoms with Crippen LogP contribution in [-0.4, -0.2) is 50.8 Å². The smallest absolute Gasteiger partial charge is 0.271 e. The van der Waals surface area contributed by atoms with Crippen molar-refractivity contribution < 1.29 is 4.52 Å². The van der Waals surface area contributed by atoms with Gasteiger partial charge in [-0.3, -0.25) is 4.90 Å². The number of nitrogens with one attached hydrogen (secondary N) is 1. The number of aryl methyl sites for hydroxylation is 1. The fourth-order valence-corrected chi connectivity index (χ4v) is 2.88. The van der Waals surface area contributed by atoms with E-state index in [4.69, 9.17) is 4.52 Å². The first kappa shape index (κ1) is 13.6. The molecule has 1 fully saturated rings. The zero-order chi connectivity index (χ0) is 13.8. The van der Waals surface area contributed by atoms with E-state index >= 15 is 0 Å². The van der Waals surface area contributed by atoms with Crippen molar-refractivity contribution in [3.8, 4) is 10.8 Å². The van der Waals surface area contributed by atoms with E-state index in [2.05, 4.69) is 36.9 Å². The molecule has 3 rings (SSSR count). The van der Waals surface area contributed by atoms with Crippen molar-refractivity contribution in [2.24, 2.45) is 0 Å². The quantitative estimate of drug-likeness (QED) is 0.879. The Balaban J connectivity index is 1.70. The molecule has 1 aliphatic heterocycles. The fourth-order valence-electron chi connectivity index (χ4n) is 2.25. The normalized spacial score (nSPS) is 16.6. The highest BCUT2D eigenvalue weighted by atomic mass is 32.1. The van der Waals surface area contributed by atoms with Gasteiger partial charge in [0.25, 0.3) is 5.89 Å². The van der Waals surface area contributed by atoms with Crippen LogP contribution in [0.1, 0.15) is 24.9 Å².